The van der Waals surface area contributed by atoms with E-state index in [-0.39, 0.29) is 24.3 Å². The minimum atomic E-state index is -4.60. The number of nitrogens with one attached hydrogen (secondary N) is 1. The highest BCUT2D eigenvalue weighted by Crippen LogP contribution is 2.34. The molecule has 2 atom stereocenters. The molecule has 7 nitrogen and oxygen atoms in total. The predicted molar refractivity (Wildman–Crippen MR) is 117 cm³/mol. The smallest absolute Gasteiger partial charge is 0.311 e. The summed E-state index contributed by atoms with van der Waals surface area (Å²) in [5, 5.41) is 11.5. The van der Waals surface area contributed by atoms with Crippen LogP contribution in [0.4, 0.5) is 28.0 Å². The second kappa shape index (κ2) is 9.21. The SMILES string of the molecule is Cc1nc(C(F)(F)F)ccc1NC(=O)N1CC(F)C[C@@H]1c1nnc(C)n1Cc1ccc(Cl)cc1. The van der Waals surface area contributed by atoms with Gasteiger partial charge in [-0.1, -0.05) is 23.7 Å². The van der Waals surface area contributed by atoms with Crippen molar-refractivity contribution in [3.8, 4) is 0 Å². The number of aryl methyl sites for hydroxylation is 2. The number of pyridine rings is 1. The first-order valence-corrected chi connectivity index (χ1v) is 10.8. The number of hydrogen-bond acceptors (Lipinski definition) is 4. The number of alkyl halides is 4. The van der Waals surface area contributed by atoms with Gasteiger partial charge >= 0.3 is 12.2 Å². The Balaban J connectivity index is 1.57. The van der Waals surface area contributed by atoms with Crippen molar-refractivity contribution in [3.05, 3.63) is 70.0 Å². The average molecular weight is 497 g/mol. The minimum Gasteiger partial charge on any atom is -0.311 e. The number of aromatic nitrogens is 4. The molecule has 3 aromatic rings. The summed E-state index contributed by atoms with van der Waals surface area (Å²) < 4.78 is 54.9. The third-order valence-electron chi connectivity index (χ3n) is 5.65. The van der Waals surface area contributed by atoms with Crippen molar-refractivity contribution in [2.24, 2.45) is 0 Å². The highest BCUT2D eigenvalue weighted by Gasteiger charge is 2.40. The fourth-order valence-corrected chi connectivity index (χ4v) is 4.03. The zero-order chi connectivity index (χ0) is 24.6. The summed E-state index contributed by atoms with van der Waals surface area (Å²) in [6, 6.07) is 7.77. The lowest BCUT2D eigenvalue weighted by atomic mass is 10.1. The number of carbonyl (C=O) groups is 1. The van der Waals surface area contributed by atoms with Crippen molar-refractivity contribution >= 4 is 23.3 Å². The number of hydrogen-bond donors (Lipinski definition) is 1. The van der Waals surface area contributed by atoms with Gasteiger partial charge in [-0.2, -0.15) is 13.2 Å². The number of rotatable bonds is 4. The lowest BCUT2D eigenvalue weighted by Gasteiger charge is -2.25. The zero-order valence-corrected chi connectivity index (χ0v) is 19.0. The van der Waals surface area contributed by atoms with Crippen LogP contribution in [0.5, 0.6) is 0 Å². The Morgan fingerprint density at radius 3 is 2.50 bits per heavy atom. The van der Waals surface area contributed by atoms with E-state index in [0.29, 0.717) is 23.2 Å². The molecule has 0 aliphatic carbocycles. The van der Waals surface area contributed by atoms with E-state index in [4.69, 9.17) is 11.6 Å². The van der Waals surface area contributed by atoms with Crippen molar-refractivity contribution in [3.63, 3.8) is 0 Å². The van der Waals surface area contributed by atoms with E-state index in [9.17, 15) is 22.4 Å². The Kier molecular flexibility index (Phi) is 6.48. The van der Waals surface area contributed by atoms with Crippen LogP contribution < -0.4 is 5.32 Å². The summed E-state index contributed by atoms with van der Waals surface area (Å²) in [5.74, 6) is 1.01. The Morgan fingerprint density at radius 1 is 1.15 bits per heavy atom. The molecular formula is C22H21ClF4N6O. The third-order valence-corrected chi connectivity index (χ3v) is 5.90. The number of halogens is 5. The van der Waals surface area contributed by atoms with Crippen LogP contribution in [0.15, 0.2) is 36.4 Å². The molecule has 34 heavy (non-hydrogen) atoms. The van der Waals surface area contributed by atoms with Crippen LogP contribution >= 0.6 is 11.6 Å². The van der Waals surface area contributed by atoms with Crippen molar-refractivity contribution in [1.29, 1.82) is 0 Å². The number of nitrogens with zero attached hydrogens (tertiary/aromatic N) is 5. The number of benzene rings is 1. The highest BCUT2D eigenvalue weighted by molar-refractivity contribution is 6.30. The first kappa shape index (κ1) is 23.9. The number of urea groups is 1. The number of amides is 2. The van der Waals surface area contributed by atoms with Gasteiger partial charge in [0.25, 0.3) is 0 Å². The van der Waals surface area contributed by atoms with Crippen molar-refractivity contribution < 1.29 is 22.4 Å². The lowest BCUT2D eigenvalue weighted by molar-refractivity contribution is -0.141. The summed E-state index contributed by atoms with van der Waals surface area (Å²) >= 11 is 5.95. The molecule has 1 unspecified atom stereocenters. The summed E-state index contributed by atoms with van der Waals surface area (Å²) in [4.78, 5) is 17.8. The van der Waals surface area contributed by atoms with Crippen LogP contribution in [0.3, 0.4) is 0 Å². The molecule has 0 spiro atoms. The summed E-state index contributed by atoms with van der Waals surface area (Å²) in [7, 11) is 0. The average Bonchev–Trinajstić information content (AvgIpc) is 3.33. The van der Waals surface area contributed by atoms with Gasteiger partial charge in [0, 0.05) is 11.4 Å². The van der Waals surface area contributed by atoms with Crippen LogP contribution in [0, 0.1) is 13.8 Å². The van der Waals surface area contributed by atoms with E-state index in [1.807, 2.05) is 12.1 Å². The highest BCUT2D eigenvalue weighted by atomic mass is 35.5. The predicted octanol–water partition coefficient (Wildman–Crippen LogP) is 5.33. The maximum Gasteiger partial charge on any atom is 0.433 e. The molecule has 0 saturated carbocycles. The molecular weight excluding hydrogens is 476 g/mol. The molecule has 0 bridgehead atoms. The maximum atomic E-state index is 14.5. The van der Waals surface area contributed by atoms with Gasteiger partial charge in [0.05, 0.1) is 30.5 Å². The van der Waals surface area contributed by atoms with Gasteiger partial charge in [-0.15, -0.1) is 10.2 Å². The Labute approximate surface area is 197 Å². The van der Waals surface area contributed by atoms with Crippen LogP contribution in [0.2, 0.25) is 5.02 Å². The first-order chi connectivity index (χ1) is 16.0. The van der Waals surface area contributed by atoms with E-state index in [2.05, 4.69) is 20.5 Å². The van der Waals surface area contributed by atoms with Gasteiger partial charge in [0.2, 0.25) is 0 Å². The normalized spacial score (nSPS) is 18.4. The van der Waals surface area contributed by atoms with Gasteiger partial charge in [-0.3, -0.25) is 0 Å². The maximum absolute atomic E-state index is 14.5. The Bertz CT molecular complexity index is 1200. The molecule has 12 heteroatoms. The largest absolute Gasteiger partial charge is 0.433 e. The second-order valence-corrected chi connectivity index (χ2v) is 8.51. The molecule has 1 saturated heterocycles. The quantitative estimate of drug-likeness (QED) is 0.495. The second-order valence-electron chi connectivity index (χ2n) is 8.08. The molecule has 2 aromatic heterocycles. The Morgan fingerprint density at radius 2 is 1.85 bits per heavy atom. The summed E-state index contributed by atoms with van der Waals surface area (Å²) in [5.41, 5.74) is -0.0298. The van der Waals surface area contributed by atoms with Crippen LogP contribution in [0.1, 0.15) is 41.1 Å². The molecule has 2 amide bonds. The van der Waals surface area contributed by atoms with Crippen molar-refractivity contribution in [2.75, 3.05) is 11.9 Å². The van der Waals surface area contributed by atoms with Crippen LogP contribution in [-0.2, 0) is 12.7 Å². The zero-order valence-electron chi connectivity index (χ0n) is 18.3. The molecule has 3 heterocycles. The van der Waals surface area contributed by atoms with Gasteiger partial charge in [0.1, 0.15) is 17.7 Å². The van der Waals surface area contributed by atoms with E-state index in [1.165, 1.54) is 11.8 Å². The standard InChI is InChI=1S/C22H21ClF4N6O/c1-12-17(7-8-19(28-12)22(25,26)27)29-21(34)33-11-16(24)9-18(33)20-31-30-13(2)32(20)10-14-3-5-15(23)6-4-14/h3-8,16,18H,9-11H2,1-2H3,(H,29,34)/t16?,18-/m1/s1. The van der Waals surface area contributed by atoms with Gasteiger partial charge in [-0.05, 0) is 43.7 Å². The monoisotopic (exact) mass is 496 g/mol. The number of likely N-dealkylation sites (tertiary alicyclic amines) is 1. The van der Waals surface area contributed by atoms with Crippen LogP contribution in [-0.4, -0.2) is 43.4 Å². The fraction of sp³-hybridized carbons (Fsp3) is 0.364. The van der Waals surface area contributed by atoms with E-state index < -0.39 is 30.1 Å². The molecule has 1 N–H and O–H groups in total. The molecule has 4 rings (SSSR count). The van der Waals surface area contributed by atoms with Gasteiger partial charge < -0.3 is 14.8 Å². The van der Waals surface area contributed by atoms with E-state index in [0.717, 1.165) is 17.7 Å². The van der Waals surface area contributed by atoms with Gasteiger partial charge in [-0.25, -0.2) is 14.2 Å². The van der Waals surface area contributed by atoms with Crippen LogP contribution in [0.25, 0.3) is 0 Å². The molecule has 0 radical (unpaired) electrons. The van der Waals surface area contributed by atoms with Crippen molar-refractivity contribution in [1.82, 2.24) is 24.6 Å². The van der Waals surface area contributed by atoms with Gasteiger partial charge in [0.15, 0.2) is 5.82 Å². The fourth-order valence-electron chi connectivity index (χ4n) is 3.90. The number of carbonyl (C=O) groups excluding carboxylic acids is 1. The minimum absolute atomic E-state index is 0.00234. The lowest BCUT2D eigenvalue weighted by Crippen LogP contribution is -2.36. The number of anilines is 1. The van der Waals surface area contributed by atoms with E-state index >= 15 is 0 Å². The third kappa shape index (κ3) is 4.98. The molecule has 180 valence electrons. The molecule has 1 aliphatic heterocycles. The molecule has 1 aliphatic rings. The Hall–Kier alpha value is -3.21. The van der Waals surface area contributed by atoms with Crippen molar-refractivity contribution in [2.45, 2.75) is 45.2 Å². The summed E-state index contributed by atoms with van der Waals surface area (Å²) in [6.45, 7) is 3.33. The molecule has 1 aromatic carbocycles. The summed E-state index contributed by atoms with van der Waals surface area (Å²) in [6.07, 6.45) is -5.86. The topological polar surface area (TPSA) is 75.9 Å². The first-order valence-electron chi connectivity index (χ1n) is 10.4. The molecule has 1 fully saturated rings. The van der Waals surface area contributed by atoms with E-state index in [1.54, 1.807) is 23.6 Å².